The summed E-state index contributed by atoms with van der Waals surface area (Å²) in [6.45, 7) is 0. The Morgan fingerprint density at radius 3 is 1.64 bits per heavy atom. The van der Waals surface area contributed by atoms with Crippen LogP contribution in [0.15, 0.2) is 191 Å². The van der Waals surface area contributed by atoms with Gasteiger partial charge in [0.2, 0.25) is 5.89 Å². The average Bonchev–Trinajstić information content (AvgIpc) is 3.90. The summed E-state index contributed by atoms with van der Waals surface area (Å²) in [6.07, 6.45) is 0. The molecule has 0 aliphatic heterocycles. The molecule has 0 aliphatic rings. The molecule has 0 aliphatic carbocycles. The van der Waals surface area contributed by atoms with Crippen LogP contribution in [0.4, 0.5) is 0 Å². The molecule has 0 atom stereocenters. The van der Waals surface area contributed by atoms with E-state index in [0.717, 1.165) is 88.3 Å². The summed E-state index contributed by atoms with van der Waals surface area (Å²) in [6, 6.07) is 61.6. The van der Waals surface area contributed by atoms with Crippen molar-refractivity contribution in [1.82, 2.24) is 19.9 Å². The van der Waals surface area contributed by atoms with Crippen LogP contribution in [-0.2, 0) is 0 Å². The maximum atomic E-state index is 6.80. The molecule has 0 N–H and O–H groups in total. The molecule has 8 aromatic carbocycles. The molecule has 0 spiro atoms. The van der Waals surface area contributed by atoms with Crippen LogP contribution in [-0.4, -0.2) is 19.9 Å². The molecule has 3 aromatic heterocycles. The molecule has 56 heavy (non-hydrogen) atoms. The van der Waals surface area contributed by atoms with Gasteiger partial charge in [-0.15, -0.1) is 0 Å². The summed E-state index contributed by atoms with van der Waals surface area (Å²) in [5.41, 5.74) is 10.9. The number of furan rings is 1. The number of hydrogen-bond acceptors (Lipinski definition) is 6. The Bertz CT molecular complexity index is 3230. The van der Waals surface area contributed by atoms with Gasteiger partial charge >= 0.3 is 0 Å². The SMILES string of the molecule is c1ccc(-c2ccc(-c3nc(-c4ccccc4)nc(-c4cccc5oc6c(-c7cccc8ccc9nc(-c%10ccccc%10)oc9c78)cccc6c45)n3)cc2)cc1. The monoisotopic (exact) mass is 718 g/mol. The number of para-hydroxylation sites is 1. The summed E-state index contributed by atoms with van der Waals surface area (Å²) in [5.74, 6) is 2.36. The molecule has 3 heterocycles. The van der Waals surface area contributed by atoms with Crippen LogP contribution in [0.1, 0.15) is 0 Å². The molecule has 6 heteroatoms. The minimum Gasteiger partial charge on any atom is -0.455 e. The number of hydrogen-bond donors (Lipinski definition) is 0. The smallest absolute Gasteiger partial charge is 0.227 e. The van der Waals surface area contributed by atoms with Crippen molar-refractivity contribution >= 4 is 43.8 Å². The van der Waals surface area contributed by atoms with E-state index < -0.39 is 0 Å². The van der Waals surface area contributed by atoms with Crippen molar-refractivity contribution in [3.05, 3.63) is 182 Å². The van der Waals surface area contributed by atoms with Crippen LogP contribution >= 0.6 is 0 Å². The highest BCUT2D eigenvalue weighted by Gasteiger charge is 2.22. The molecule has 0 fully saturated rings. The maximum absolute atomic E-state index is 6.80. The second-order valence-corrected chi connectivity index (χ2v) is 13.8. The molecule has 0 radical (unpaired) electrons. The van der Waals surface area contributed by atoms with Gasteiger partial charge in [0.25, 0.3) is 0 Å². The Morgan fingerprint density at radius 1 is 0.321 bits per heavy atom. The van der Waals surface area contributed by atoms with E-state index in [2.05, 4.69) is 97.1 Å². The average molecular weight is 719 g/mol. The first-order valence-corrected chi connectivity index (χ1v) is 18.6. The standard InChI is InChI=1S/C50H30N4O2/c1-4-13-31(14-5-1)32-25-27-35(28-26-32)48-52-47(34-15-6-2-7-16-34)53-49(54-48)40-23-12-24-42-44(40)39-22-11-21-38(45(39)55-42)37-20-10-19-33-29-30-41-46(43(33)37)56-50(51-41)36-17-8-3-9-18-36/h1-30H. The zero-order valence-electron chi connectivity index (χ0n) is 29.9. The Morgan fingerprint density at radius 2 is 0.893 bits per heavy atom. The Labute approximate surface area is 321 Å². The van der Waals surface area contributed by atoms with E-state index in [9.17, 15) is 0 Å². The summed E-state index contributed by atoms with van der Waals surface area (Å²) in [7, 11) is 0. The van der Waals surface area contributed by atoms with Crippen molar-refractivity contribution in [2.45, 2.75) is 0 Å². The molecular formula is C50H30N4O2. The van der Waals surface area contributed by atoms with Gasteiger partial charge in [0.05, 0.1) is 0 Å². The number of nitrogens with zero attached hydrogens (tertiary/aromatic N) is 4. The van der Waals surface area contributed by atoms with E-state index in [4.69, 9.17) is 28.8 Å². The molecule has 11 rings (SSSR count). The van der Waals surface area contributed by atoms with Crippen LogP contribution in [0, 0.1) is 0 Å². The van der Waals surface area contributed by atoms with E-state index in [1.807, 2.05) is 84.9 Å². The predicted octanol–water partition coefficient (Wildman–Crippen LogP) is 13.1. The van der Waals surface area contributed by atoms with Crippen molar-refractivity contribution in [3.8, 4) is 67.9 Å². The minimum absolute atomic E-state index is 0.571. The van der Waals surface area contributed by atoms with Crippen LogP contribution in [0.5, 0.6) is 0 Å². The predicted molar refractivity (Wildman–Crippen MR) is 225 cm³/mol. The van der Waals surface area contributed by atoms with Crippen LogP contribution in [0.25, 0.3) is 112 Å². The van der Waals surface area contributed by atoms with E-state index in [0.29, 0.717) is 23.4 Å². The van der Waals surface area contributed by atoms with Crippen LogP contribution in [0.2, 0.25) is 0 Å². The van der Waals surface area contributed by atoms with Crippen LogP contribution < -0.4 is 0 Å². The summed E-state index contributed by atoms with van der Waals surface area (Å²) >= 11 is 0. The zero-order valence-corrected chi connectivity index (χ0v) is 29.9. The Kier molecular flexibility index (Phi) is 7.38. The number of rotatable bonds is 6. The first kappa shape index (κ1) is 31.8. The first-order valence-electron chi connectivity index (χ1n) is 18.6. The molecule has 6 nitrogen and oxygen atoms in total. The lowest BCUT2D eigenvalue weighted by Crippen LogP contribution is -2.00. The quantitative estimate of drug-likeness (QED) is 0.170. The Hall–Kier alpha value is -7.70. The normalized spacial score (nSPS) is 11.6. The third-order valence-corrected chi connectivity index (χ3v) is 10.4. The topological polar surface area (TPSA) is 77.8 Å². The summed E-state index contributed by atoms with van der Waals surface area (Å²) < 4.78 is 13.3. The Balaban J connectivity index is 1.09. The number of oxazole rings is 1. The fourth-order valence-electron chi connectivity index (χ4n) is 7.71. The van der Waals surface area contributed by atoms with Crippen molar-refractivity contribution in [2.24, 2.45) is 0 Å². The highest BCUT2D eigenvalue weighted by atomic mass is 16.3. The molecule has 11 aromatic rings. The van der Waals surface area contributed by atoms with Gasteiger partial charge in [-0.3, -0.25) is 0 Å². The van der Waals surface area contributed by atoms with Gasteiger partial charge in [-0.25, -0.2) is 19.9 Å². The third kappa shape index (κ3) is 5.35. The van der Waals surface area contributed by atoms with E-state index in [1.165, 1.54) is 0 Å². The molecule has 0 amide bonds. The van der Waals surface area contributed by atoms with Crippen molar-refractivity contribution in [3.63, 3.8) is 0 Å². The van der Waals surface area contributed by atoms with Crippen LogP contribution in [0.3, 0.4) is 0 Å². The van der Waals surface area contributed by atoms with E-state index >= 15 is 0 Å². The molecule has 0 saturated carbocycles. The van der Waals surface area contributed by atoms with Gasteiger partial charge in [0.15, 0.2) is 23.1 Å². The molecular weight excluding hydrogens is 689 g/mol. The largest absolute Gasteiger partial charge is 0.455 e. The van der Waals surface area contributed by atoms with E-state index in [-0.39, 0.29) is 0 Å². The second kappa shape index (κ2) is 13.0. The lowest BCUT2D eigenvalue weighted by molar-refractivity contribution is 0.623. The minimum atomic E-state index is 0.571. The van der Waals surface area contributed by atoms with Gasteiger partial charge < -0.3 is 8.83 Å². The summed E-state index contributed by atoms with van der Waals surface area (Å²) in [4.78, 5) is 20.1. The number of benzene rings is 8. The second-order valence-electron chi connectivity index (χ2n) is 13.8. The lowest BCUT2D eigenvalue weighted by Gasteiger charge is -2.10. The number of fused-ring (bicyclic) bond motifs is 6. The van der Waals surface area contributed by atoms with Gasteiger partial charge in [-0.05, 0) is 46.3 Å². The van der Waals surface area contributed by atoms with Gasteiger partial charge in [-0.2, -0.15) is 0 Å². The van der Waals surface area contributed by atoms with E-state index in [1.54, 1.807) is 0 Å². The third-order valence-electron chi connectivity index (χ3n) is 10.4. The van der Waals surface area contributed by atoms with Gasteiger partial charge in [0.1, 0.15) is 16.7 Å². The fraction of sp³-hybridized carbons (Fsp3) is 0. The number of aromatic nitrogens is 4. The summed E-state index contributed by atoms with van der Waals surface area (Å²) in [5, 5.41) is 3.95. The molecule has 0 bridgehead atoms. The van der Waals surface area contributed by atoms with Crippen molar-refractivity contribution in [1.29, 1.82) is 0 Å². The fourth-order valence-corrected chi connectivity index (χ4v) is 7.71. The molecule has 0 saturated heterocycles. The first-order chi connectivity index (χ1) is 27.7. The molecule has 0 unspecified atom stereocenters. The van der Waals surface area contributed by atoms with Crippen molar-refractivity contribution in [2.75, 3.05) is 0 Å². The zero-order chi connectivity index (χ0) is 37.0. The lowest BCUT2D eigenvalue weighted by atomic mass is 9.95. The highest BCUT2D eigenvalue weighted by molar-refractivity contribution is 6.18. The van der Waals surface area contributed by atoms with Gasteiger partial charge in [-0.1, -0.05) is 158 Å². The van der Waals surface area contributed by atoms with Gasteiger partial charge in [0, 0.05) is 44.0 Å². The molecule has 262 valence electrons. The maximum Gasteiger partial charge on any atom is 0.227 e. The highest BCUT2D eigenvalue weighted by Crippen LogP contribution is 2.43. The van der Waals surface area contributed by atoms with Crippen molar-refractivity contribution < 1.29 is 8.83 Å².